The van der Waals surface area contributed by atoms with Crippen LogP contribution in [0.1, 0.15) is 0 Å². The molecular weight excluding hydrogens is 1060 g/mol. The number of phenols is 1. The summed E-state index contributed by atoms with van der Waals surface area (Å²) in [5, 5.41) is 17.4. The molecule has 0 amide bonds. The van der Waals surface area contributed by atoms with Crippen molar-refractivity contribution in [1.29, 1.82) is 0 Å². The minimum atomic E-state index is 0.256. The maximum atomic E-state index is 9.81. The molecule has 14 aromatic carbocycles. The lowest BCUT2D eigenvalue weighted by molar-refractivity contribution is 0.475. The van der Waals surface area contributed by atoms with Crippen LogP contribution in [-0.2, 0) is 0 Å². The van der Waals surface area contributed by atoms with Gasteiger partial charge in [0.05, 0.1) is 22.1 Å². The van der Waals surface area contributed by atoms with E-state index >= 15 is 0 Å². The van der Waals surface area contributed by atoms with Gasteiger partial charge in [0.15, 0.2) is 0 Å². The van der Waals surface area contributed by atoms with Gasteiger partial charge in [-0.05, 0) is 178 Å². The Morgan fingerprint density at radius 3 is 0.862 bits per heavy atom. The summed E-state index contributed by atoms with van der Waals surface area (Å²) in [4.78, 5) is 4.51. The SMILES string of the molecule is Oc1ccc(N(c2ccccc2)c2ccc(-c3ccc(-n4c5ccccc5c5ccccc54)cc3)cc2)cc1.c1ccc(N(c2ccc(-c3ccc(-n4c5ccccc5c5ccccc54)cc3)cc2)c2ccc(-c3cccc4ccccc34)cc2)cc1. The van der Waals surface area contributed by atoms with Crippen LogP contribution in [0.2, 0.25) is 0 Å². The lowest BCUT2D eigenvalue weighted by Gasteiger charge is -2.26. The standard InChI is InChI=1S/C46H32N2.C36H26N2O/c1-2-13-37(14-3-1)47(39-31-25-36(26-32-39)42-18-10-12-35-11-4-5-15-41(35)42)38-27-21-33(22-28-38)34-23-29-40(30-24-34)48-45-19-8-6-16-43(45)44-17-7-9-20-46(44)48;39-32-24-22-30(23-25-32)37(28-8-2-1-3-9-28)29-18-14-26(15-19-29)27-16-20-31(21-17-27)38-35-12-6-4-10-33(35)34-11-5-7-13-36(34)38/h1-32H;1-25,39H. The van der Waals surface area contributed by atoms with E-state index in [1.165, 1.54) is 82.2 Å². The number of aromatic hydroxyl groups is 1. The van der Waals surface area contributed by atoms with Crippen LogP contribution in [-0.4, -0.2) is 14.2 Å². The number of aromatic nitrogens is 2. The van der Waals surface area contributed by atoms with Gasteiger partial charge in [0.1, 0.15) is 5.75 Å². The minimum Gasteiger partial charge on any atom is -0.508 e. The average molecular weight is 1120 g/mol. The van der Waals surface area contributed by atoms with Gasteiger partial charge in [-0.15, -0.1) is 0 Å². The molecule has 0 unspecified atom stereocenters. The van der Waals surface area contributed by atoms with Crippen molar-refractivity contribution in [3.63, 3.8) is 0 Å². The number of fused-ring (bicyclic) bond motifs is 7. The molecule has 5 nitrogen and oxygen atoms in total. The van der Waals surface area contributed by atoms with Gasteiger partial charge in [-0.25, -0.2) is 0 Å². The largest absolute Gasteiger partial charge is 0.508 e. The van der Waals surface area contributed by atoms with Crippen LogP contribution < -0.4 is 9.80 Å². The summed E-state index contributed by atoms with van der Waals surface area (Å²) in [6.07, 6.45) is 0. The summed E-state index contributed by atoms with van der Waals surface area (Å²) in [7, 11) is 0. The molecule has 1 N–H and O–H groups in total. The van der Waals surface area contributed by atoms with Crippen molar-refractivity contribution in [2.45, 2.75) is 0 Å². The molecule has 0 saturated carbocycles. The molecule has 0 fully saturated rings. The molecule has 0 spiro atoms. The van der Waals surface area contributed by atoms with E-state index in [4.69, 9.17) is 0 Å². The van der Waals surface area contributed by atoms with Crippen LogP contribution in [0.3, 0.4) is 0 Å². The highest BCUT2D eigenvalue weighted by atomic mass is 16.3. The highest BCUT2D eigenvalue weighted by molar-refractivity contribution is 6.10. The van der Waals surface area contributed by atoms with Gasteiger partial charge in [-0.2, -0.15) is 0 Å². The van der Waals surface area contributed by atoms with Crippen molar-refractivity contribution in [3.05, 3.63) is 346 Å². The highest BCUT2D eigenvalue weighted by Crippen LogP contribution is 2.41. The third-order valence-electron chi connectivity index (χ3n) is 16.7. The molecule has 0 aliphatic carbocycles. The third kappa shape index (κ3) is 9.99. The number of anilines is 6. The summed E-state index contributed by atoms with van der Waals surface area (Å²) < 4.78 is 4.70. The second-order valence-corrected chi connectivity index (χ2v) is 21.9. The lowest BCUT2D eigenvalue weighted by Crippen LogP contribution is -2.09. The molecule has 87 heavy (non-hydrogen) atoms. The molecule has 16 aromatic rings. The molecule has 0 saturated heterocycles. The van der Waals surface area contributed by atoms with Crippen LogP contribution in [0.25, 0.3) is 99.1 Å². The zero-order valence-electron chi connectivity index (χ0n) is 47.6. The summed E-state index contributed by atoms with van der Waals surface area (Å²) in [6.45, 7) is 0. The predicted octanol–water partition coefficient (Wildman–Crippen LogP) is 22.4. The maximum absolute atomic E-state index is 9.81. The smallest absolute Gasteiger partial charge is 0.115 e. The first-order valence-corrected chi connectivity index (χ1v) is 29.5. The van der Waals surface area contributed by atoms with Crippen LogP contribution >= 0.6 is 0 Å². The molecule has 5 heteroatoms. The minimum absolute atomic E-state index is 0.256. The Balaban J connectivity index is 0.000000150. The Morgan fingerprint density at radius 2 is 0.483 bits per heavy atom. The van der Waals surface area contributed by atoms with E-state index in [1.807, 2.05) is 30.3 Å². The van der Waals surface area contributed by atoms with E-state index < -0.39 is 0 Å². The van der Waals surface area contributed by atoms with Crippen LogP contribution in [0.15, 0.2) is 346 Å². The van der Waals surface area contributed by atoms with Crippen LogP contribution in [0, 0.1) is 0 Å². The molecule has 0 atom stereocenters. The Labute approximate surface area is 506 Å². The van der Waals surface area contributed by atoms with Crippen molar-refractivity contribution in [1.82, 2.24) is 9.13 Å². The van der Waals surface area contributed by atoms with E-state index in [2.05, 4.69) is 322 Å². The monoisotopic (exact) mass is 1110 g/mol. The van der Waals surface area contributed by atoms with Gasteiger partial charge in [-0.3, -0.25) is 0 Å². The van der Waals surface area contributed by atoms with Crippen molar-refractivity contribution < 1.29 is 5.11 Å². The number of para-hydroxylation sites is 6. The fraction of sp³-hybridized carbons (Fsp3) is 0. The fourth-order valence-electron chi connectivity index (χ4n) is 12.5. The van der Waals surface area contributed by atoms with Gasteiger partial charge in [0.25, 0.3) is 0 Å². The van der Waals surface area contributed by atoms with Gasteiger partial charge in [-0.1, -0.05) is 212 Å². The number of benzene rings is 14. The quantitative estimate of drug-likeness (QED) is 0.140. The Hall–Kier alpha value is -11.7. The second-order valence-electron chi connectivity index (χ2n) is 21.9. The van der Waals surface area contributed by atoms with Crippen molar-refractivity contribution in [2.75, 3.05) is 9.80 Å². The first kappa shape index (κ1) is 52.2. The highest BCUT2D eigenvalue weighted by Gasteiger charge is 2.18. The Bertz CT molecular complexity index is 4940. The summed E-state index contributed by atoms with van der Waals surface area (Å²) in [6, 6.07) is 122. The molecule has 2 aromatic heterocycles. The van der Waals surface area contributed by atoms with Crippen molar-refractivity contribution in [2.24, 2.45) is 0 Å². The third-order valence-corrected chi connectivity index (χ3v) is 16.7. The number of hydrogen-bond donors (Lipinski definition) is 1. The number of nitrogens with zero attached hydrogens (tertiary/aromatic N) is 4. The van der Waals surface area contributed by atoms with E-state index in [-0.39, 0.29) is 5.75 Å². The number of hydrogen-bond acceptors (Lipinski definition) is 3. The second kappa shape index (κ2) is 22.8. The molecule has 0 radical (unpaired) electrons. The average Bonchev–Trinajstić information content (AvgIpc) is 2.41. The number of phenolic OH excluding ortho intramolecular Hbond substituents is 1. The molecule has 0 bridgehead atoms. The first-order chi connectivity index (χ1) is 43.1. The first-order valence-electron chi connectivity index (χ1n) is 29.5. The molecule has 2 heterocycles. The van der Waals surface area contributed by atoms with Crippen molar-refractivity contribution >= 4 is 88.5 Å². The lowest BCUT2D eigenvalue weighted by atomic mass is 9.98. The maximum Gasteiger partial charge on any atom is 0.115 e. The van der Waals surface area contributed by atoms with Crippen molar-refractivity contribution in [3.8, 4) is 50.5 Å². The van der Waals surface area contributed by atoms with Crippen LogP contribution in [0.4, 0.5) is 34.1 Å². The molecule has 0 aliphatic rings. The van der Waals surface area contributed by atoms with Gasteiger partial charge in [0, 0.05) is 67.0 Å². The number of rotatable bonds is 11. The Morgan fingerprint density at radius 1 is 0.207 bits per heavy atom. The van der Waals surface area contributed by atoms with E-state index in [0.29, 0.717) is 0 Å². The van der Waals surface area contributed by atoms with E-state index in [9.17, 15) is 5.11 Å². The van der Waals surface area contributed by atoms with E-state index in [1.54, 1.807) is 12.1 Å². The summed E-state index contributed by atoms with van der Waals surface area (Å²) >= 11 is 0. The fourth-order valence-corrected chi connectivity index (χ4v) is 12.5. The van der Waals surface area contributed by atoms with Crippen LogP contribution in [0.5, 0.6) is 5.75 Å². The zero-order valence-corrected chi connectivity index (χ0v) is 47.6. The normalized spacial score (nSPS) is 11.3. The molecular formula is C82H58N4O. The predicted molar refractivity (Wildman–Crippen MR) is 366 cm³/mol. The van der Waals surface area contributed by atoms with Gasteiger partial charge in [0.2, 0.25) is 0 Å². The summed E-state index contributed by atoms with van der Waals surface area (Å²) in [5.74, 6) is 0.256. The van der Waals surface area contributed by atoms with Gasteiger partial charge < -0.3 is 24.0 Å². The summed E-state index contributed by atoms with van der Waals surface area (Å²) in [5.41, 5.74) is 20.8. The van der Waals surface area contributed by atoms with Gasteiger partial charge >= 0.3 is 0 Å². The Kier molecular flexibility index (Phi) is 13.7. The molecule has 0 aliphatic heterocycles. The van der Waals surface area contributed by atoms with E-state index in [0.717, 1.165) is 51.1 Å². The molecule has 412 valence electrons. The zero-order chi connectivity index (χ0) is 58.0. The molecule has 16 rings (SSSR count). The topological polar surface area (TPSA) is 36.6 Å².